The van der Waals surface area contributed by atoms with Gasteiger partial charge in [-0.1, -0.05) is 50.5 Å². The topological polar surface area (TPSA) is 0 Å². The molecule has 0 atom stereocenters. The summed E-state index contributed by atoms with van der Waals surface area (Å²) in [7, 11) is 0. The quantitative estimate of drug-likeness (QED) is 0.533. The van der Waals surface area contributed by atoms with Gasteiger partial charge in [-0.15, -0.1) is 0 Å². The summed E-state index contributed by atoms with van der Waals surface area (Å²) in [6.45, 7) is 13.4. The first-order chi connectivity index (χ1) is 6.37. The van der Waals surface area contributed by atoms with Crippen LogP contribution in [-0.2, 0) is 0 Å². The van der Waals surface area contributed by atoms with E-state index < -0.39 is 0 Å². The fourth-order valence-electron chi connectivity index (χ4n) is 1.77. The first kappa shape index (κ1) is 13.5. The Morgan fingerprint density at radius 1 is 1.14 bits per heavy atom. The molecule has 0 nitrogen and oxygen atoms in total. The highest BCUT2D eigenvalue weighted by atomic mass is 14.2. The van der Waals surface area contributed by atoms with Gasteiger partial charge in [0.1, 0.15) is 0 Å². The summed E-state index contributed by atoms with van der Waals surface area (Å²) in [5.74, 6) is 0. The zero-order chi connectivity index (χ0) is 11.2. The minimum absolute atomic E-state index is 0.313. The van der Waals surface area contributed by atoms with Crippen LogP contribution in [0.3, 0.4) is 0 Å². The minimum Gasteiger partial charge on any atom is -0.0848 e. The fraction of sp³-hybridized carbons (Fsp3) is 0.714. The molecule has 0 bridgehead atoms. The molecule has 0 saturated carbocycles. The molecule has 0 saturated heterocycles. The van der Waals surface area contributed by atoms with Crippen molar-refractivity contribution < 1.29 is 0 Å². The van der Waals surface area contributed by atoms with Crippen LogP contribution in [0.15, 0.2) is 23.3 Å². The van der Waals surface area contributed by atoms with E-state index in [1.807, 2.05) is 0 Å². The van der Waals surface area contributed by atoms with Gasteiger partial charge in [0.25, 0.3) is 0 Å². The van der Waals surface area contributed by atoms with E-state index in [1.165, 1.54) is 24.0 Å². The molecule has 0 aromatic heterocycles. The van der Waals surface area contributed by atoms with Crippen LogP contribution in [0.2, 0.25) is 0 Å². The molecule has 0 aromatic rings. The van der Waals surface area contributed by atoms with Gasteiger partial charge in [-0.2, -0.15) is 0 Å². The molecule has 0 rings (SSSR count). The first-order valence-corrected chi connectivity index (χ1v) is 5.69. The van der Waals surface area contributed by atoms with Crippen LogP contribution >= 0.6 is 0 Å². The van der Waals surface area contributed by atoms with E-state index >= 15 is 0 Å². The van der Waals surface area contributed by atoms with Crippen LogP contribution < -0.4 is 0 Å². The normalized spacial score (nSPS) is 12.9. The van der Waals surface area contributed by atoms with E-state index in [0.29, 0.717) is 5.41 Å². The van der Waals surface area contributed by atoms with Crippen molar-refractivity contribution in [3.8, 4) is 0 Å². The summed E-state index contributed by atoms with van der Waals surface area (Å²) < 4.78 is 0. The lowest BCUT2D eigenvalue weighted by Crippen LogP contribution is -2.06. The number of hydrogen-bond donors (Lipinski definition) is 0. The molecule has 14 heavy (non-hydrogen) atoms. The average Bonchev–Trinajstić information content (AvgIpc) is 1.99. The number of hydrogen-bond acceptors (Lipinski definition) is 0. The minimum atomic E-state index is 0.313. The maximum Gasteiger partial charge on any atom is -0.0138 e. The molecule has 0 radical (unpaired) electrons. The lowest BCUT2D eigenvalue weighted by molar-refractivity contribution is 0.483. The van der Waals surface area contributed by atoms with Gasteiger partial charge in [0.2, 0.25) is 0 Å². The highest BCUT2D eigenvalue weighted by molar-refractivity contribution is 5.07. The van der Waals surface area contributed by atoms with Gasteiger partial charge < -0.3 is 0 Å². The highest BCUT2D eigenvalue weighted by Gasteiger charge is 2.12. The fourth-order valence-corrected chi connectivity index (χ4v) is 1.77. The molecule has 0 spiro atoms. The predicted octanol–water partition coefficient (Wildman–Crippen LogP) is 5.12. The van der Waals surface area contributed by atoms with Crippen molar-refractivity contribution in [2.75, 3.05) is 0 Å². The summed E-state index contributed by atoms with van der Waals surface area (Å²) in [6, 6.07) is 0. The second kappa shape index (κ2) is 6.06. The third-order valence-electron chi connectivity index (χ3n) is 2.30. The van der Waals surface area contributed by atoms with Gasteiger partial charge in [-0.3, -0.25) is 0 Å². The first-order valence-electron chi connectivity index (χ1n) is 5.69. The van der Waals surface area contributed by atoms with Gasteiger partial charge >= 0.3 is 0 Å². The Kier molecular flexibility index (Phi) is 5.83. The third-order valence-corrected chi connectivity index (χ3v) is 2.30. The van der Waals surface area contributed by atoms with Gasteiger partial charge in [0.05, 0.1) is 0 Å². The van der Waals surface area contributed by atoms with Crippen molar-refractivity contribution in [1.29, 1.82) is 0 Å². The standard InChI is InChI=1S/C14H26/c1-7-8-13(4)9-10-14(5,6)11-12(2)3/h9,11H,7-8,10H2,1-6H3. The van der Waals surface area contributed by atoms with E-state index in [9.17, 15) is 0 Å². The Hall–Kier alpha value is -0.520. The molecule has 0 aliphatic heterocycles. The van der Waals surface area contributed by atoms with E-state index in [4.69, 9.17) is 0 Å². The van der Waals surface area contributed by atoms with Crippen molar-refractivity contribution >= 4 is 0 Å². The van der Waals surface area contributed by atoms with Gasteiger partial charge in [0, 0.05) is 0 Å². The Balaban J connectivity index is 4.23. The maximum atomic E-state index is 2.39. The molecule has 0 amide bonds. The summed E-state index contributed by atoms with van der Waals surface area (Å²) in [6.07, 6.45) is 8.41. The van der Waals surface area contributed by atoms with Gasteiger partial charge in [0.15, 0.2) is 0 Å². The van der Waals surface area contributed by atoms with Crippen LogP contribution in [0.5, 0.6) is 0 Å². The van der Waals surface area contributed by atoms with Crippen molar-refractivity contribution in [3.05, 3.63) is 23.3 Å². The Bertz CT molecular complexity index is 212. The molecule has 0 heteroatoms. The van der Waals surface area contributed by atoms with Crippen molar-refractivity contribution in [1.82, 2.24) is 0 Å². The van der Waals surface area contributed by atoms with Crippen LogP contribution in [0.25, 0.3) is 0 Å². The van der Waals surface area contributed by atoms with Crippen LogP contribution in [-0.4, -0.2) is 0 Å². The monoisotopic (exact) mass is 194 g/mol. The smallest absolute Gasteiger partial charge is 0.0138 e. The van der Waals surface area contributed by atoms with Crippen LogP contribution in [0.4, 0.5) is 0 Å². The number of allylic oxidation sites excluding steroid dienone is 4. The van der Waals surface area contributed by atoms with E-state index in [0.717, 1.165) is 6.42 Å². The molecule has 0 heterocycles. The molecule has 0 aliphatic carbocycles. The third kappa shape index (κ3) is 6.94. The highest BCUT2D eigenvalue weighted by Crippen LogP contribution is 2.25. The van der Waals surface area contributed by atoms with Crippen molar-refractivity contribution in [2.24, 2.45) is 5.41 Å². The summed E-state index contributed by atoms with van der Waals surface area (Å²) in [5, 5.41) is 0. The maximum absolute atomic E-state index is 2.39. The molecule has 0 aliphatic rings. The van der Waals surface area contributed by atoms with Gasteiger partial charge in [-0.05, 0) is 39.0 Å². The number of rotatable bonds is 5. The zero-order valence-corrected chi connectivity index (χ0v) is 10.8. The summed E-state index contributed by atoms with van der Waals surface area (Å²) in [4.78, 5) is 0. The molecule has 0 aromatic carbocycles. The molecular formula is C14H26. The molecule has 0 N–H and O–H groups in total. The van der Waals surface area contributed by atoms with Crippen LogP contribution in [0, 0.1) is 5.41 Å². The summed E-state index contributed by atoms with van der Waals surface area (Å²) >= 11 is 0. The lowest BCUT2D eigenvalue weighted by atomic mass is 9.86. The Morgan fingerprint density at radius 3 is 2.14 bits per heavy atom. The predicted molar refractivity (Wildman–Crippen MR) is 66.5 cm³/mol. The summed E-state index contributed by atoms with van der Waals surface area (Å²) in [5.41, 5.74) is 3.26. The zero-order valence-electron chi connectivity index (χ0n) is 10.8. The molecule has 0 fully saturated rings. The second-order valence-electron chi connectivity index (χ2n) is 5.21. The van der Waals surface area contributed by atoms with Gasteiger partial charge in [-0.25, -0.2) is 0 Å². The van der Waals surface area contributed by atoms with E-state index in [-0.39, 0.29) is 0 Å². The molecule has 82 valence electrons. The Labute approximate surface area is 90.1 Å². The second-order valence-corrected chi connectivity index (χ2v) is 5.21. The van der Waals surface area contributed by atoms with Crippen molar-refractivity contribution in [3.63, 3.8) is 0 Å². The Morgan fingerprint density at radius 2 is 1.71 bits per heavy atom. The van der Waals surface area contributed by atoms with E-state index in [2.05, 4.69) is 53.7 Å². The van der Waals surface area contributed by atoms with E-state index in [1.54, 1.807) is 0 Å². The van der Waals surface area contributed by atoms with Crippen LogP contribution in [0.1, 0.15) is 60.8 Å². The average molecular weight is 194 g/mol. The largest absolute Gasteiger partial charge is 0.0848 e. The molecular weight excluding hydrogens is 168 g/mol. The van der Waals surface area contributed by atoms with Crippen molar-refractivity contribution in [2.45, 2.75) is 60.8 Å². The lowest BCUT2D eigenvalue weighted by Gasteiger charge is -2.19. The SMILES string of the molecule is CCCC(C)=CCC(C)(C)C=C(C)C. The molecule has 0 unspecified atom stereocenters.